The molecule has 0 saturated heterocycles. The first kappa shape index (κ1) is 32.0. The van der Waals surface area contributed by atoms with Crippen LogP contribution in [0, 0.1) is 0 Å². The summed E-state index contributed by atoms with van der Waals surface area (Å²) in [7, 11) is 0. The Bertz CT molecular complexity index is 2190. The van der Waals surface area contributed by atoms with Crippen LogP contribution < -0.4 is 32.1 Å². The molecule has 8 N–H and O–H groups in total. The lowest BCUT2D eigenvalue weighted by atomic mass is 10.1. The summed E-state index contributed by atoms with van der Waals surface area (Å²) in [6, 6.07) is 27.0. The van der Waals surface area contributed by atoms with Crippen molar-refractivity contribution in [2.75, 3.05) is 22.9 Å². The lowest BCUT2D eigenvalue weighted by molar-refractivity contribution is -0.697. The van der Waals surface area contributed by atoms with E-state index in [0.717, 1.165) is 71.9 Å². The van der Waals surface area contributed by atoms with Crippen molar-refractivity contribution in [1.82, 2.24) is 9.36 Å². The fourth-order valence-corrected chi connectivity index (χ4v) is 6.09. The molecule has 0 aliphatic carbocycles. The van der Waals surface area contributed by atoms with E-state index in [9.17, 15) is 0 Å². The van der Waals surface area contributed by atoms with Gasteiger partial charge in [-0.15, -0.1) is 20.5 Å². The van der Waals surface area contributed by atoms with E-state index in [0.29, 0.717) is 34.1 Å². The van der Waals surface area contributed by atoms with Gasteiger partial charge >= 0.3 is 0 Å². The second-order valence-electron chi connectivity index (χ2n) is 12.2. The van der Waals surface area contributed by atoms with Gasteiger partial charge in [0.1, 0.15) is 24.5 Å². The van der Waals surface area contributed by atoms with E-state index < -0.39 is 0 Å². The third kappa shape index (κ3) is 6.99. The van der Waals surface area contributed by atoms with Gasteiger partial charge in [0.2, 0.25) is 0 Å². The first-order valence-corrected chi connectivity index (χ1v) is 16.6. The van der Waals surface area contributed by atoms with Gasteiger partial charge in [0, 0.05) is 72.0 Å². The van der Waals surface area contributed by atoms with Gasteiger partial charge in [-0.1, -0.05) is 48.5 Å². The van der Waals surface area contributed by atoms with Gasteiger partial charge in [-0.25, -0.2) is 9.13 Å². The van der Waals surface area contributed by atoms with E-state index in [-0.39, 0.29) is 0 Å². The van der Waals surface area contributed by atoms with Gasteiger partial charge in [0.15, 0.2) is 24.8 Å². The maximum Gasteiger partial charge on any atom is 0.196 e. The predicted octanol–water partition coefficient (Wildman–Crippen LogP) is 7.51. The average Bonchev–Trinajstić information content (AvgIpc) is 3.13. The number of hydrogen-bond acceptors (Lipinski definition) is 8. The summed E-state index contributed by atoms with van der Waals surface area (Å²) in [5.74, 6) is 0. The molecule has 0 bridgehead atoms. The number of nitrogens with two attached hydrogens (primary N) is 4. The minimum absolute atomic E-state index is 0.497. The quantitative estimate of drug-likeness (QED) is 0.0602. The Morgan fingerprint density at radius 2 is 0.920 bits per heavy atom. The first-order chi connectivity index (χ1) is 24.4. The summed E-state index contributed by atoms with van der Waals surface area (Å²) in [5, 5.41) is 21.6. The Morgan fingerprint density at radius 3 is 1.34 bits per heavy atom. The fourth-order valence-electron chi connectivity index (χ4n) is 6.09. The van der Waals surface area contributed by atoms with Crippen LogP contribution in [0.15, 0.2) is 143 Å². The molecule has 250 valence electrons. The Balaban J connectivity index is 0.907. The highest BCUT2D eigenvalue weighted by atomic mass is 15.4. The Morgan fingerprint density at radius 1 is 0.500 bits per heavy atom. The number of benzene rings is 4. The molecule has 0 saturated carbocycles. The number of hydrogen-bond donors (Lipinski definition) is 4. The molecule has 4 aromatic carbocycles. The summed E-state index contributed by atoms with van der Waals surface area (Å²) in [4.78, 5) is 0. The van der Waals surface area contributed by atoms with Gasteiger partial charge in [-0.2, -0.15) is 0 Å². The fraction of sp³-hybridized carbons (Fsp3) is 0.158. The number of nitrogens with zero attached hydrogens (tertiary/aromatic N) is 8. The highest BCUT2D eigenvalue weighted by molar-refractivity contribution is 6.05. The molecule has 0 atom stereocenters. The minimum Gasteiger partial charge on any atom is -0.397 e. The average molecular weight is 665 g/mol. The first-order valence-electron chi connectivity index (χ1n) is 16.6. The van der Waals surface area contributed by atoms with Crippen LogP contribution in [0.5, 0.6) is 0 Å². The van der Waals surface area contributed by atoms with Crippen LogP contribution in [0.2, 0.25) is 0 Å². The Hall–Kier alpha value is -6.56. The van der Waals surface area contributed by atoms with Gasteiger partial charge < -0.3 is 22.9 Å². The SMILES string of the molecule is Nc1cc(N=Nc2ccc[n+](CCCn3ccn3CCC[n+]3cccc(N=Nc4cc(N)c(N)c5ccccc45)c3)c2)c2ccccc2c1N. The van der Waals surface area contributed by atoms with Gasteiger partial charge in [-0.05, 0) is 24.3 Å². The van der Waals surface area contributed by atoms with Crippen molar-refractivity contribution in [3.8, 4) is 0 Å². The van der Waals surface area contributed by atoms with E-state index >= 15 is 0 Å². The van der Waals surface area contributed by atoms with Crippen LogP contribution >= 0.6 is 0 Å². The molecule has 0 amide bonds. The van der Waals surface area contributed by atoms with Crippen LogP contribution in [0.3, 0.4) is 0 Å². The molecule has 0 aliphatic heterocycles. The van der Waals surface area contributed by atoms with Gasteiger partial charge in [-0.3, -0.25) is 9.36 Å². The number of fused-ring (bicyclic) bond motifs is 2. The molecule has 7 aromatic rings. The Kier molecular flexibility index (Phi) is 9.14. The van der Waals surface area contributed by atoms with Gasteiger partial charge in [0.25, 0.3) is 0 Å². The Labute approximate surface area is 289 Å². The van der Waals surface area contributed by atoms with E-state index in [2.05, 4.69) is 63.7 Å². The van der Waals surface area contributed by atoms with E-state index in [1.165, 1.54) is 0 Å². The topological polar surface area (TPSA) is 171 Å². The zero-order chi connectivity index (χ0) is 34.5. The van der Waals surface area contributed by atoms with Crippen LogP contribution in [0.1, 0.15) is 12.8 Å². The molecule has 0 spiro atoms. The maximum absolute atomic E-state index is 6.18. The summed E-state index contributed by atoms with van der Waals surface area (Å²) in [5.41, 5.74) is 29.7. The van der Waals surface area contributed by atoms with Crippen molar-refractivity contribution in [2.24, 2.45) is 20.5 Å². The molecule has 0 aliphatic rings. The number of anilines is 4. The van der Waals surface area contributed by atoms with Crippen LogP contribution in [-0.2, 0) is 26.2 Å². The number of azo groups is 2. The molecule has 12 nitrogen and oxygen atoms in total. The van der Waals surface area contributed by atoms with Crippen molar-refractivity contribution >= 4 is 67.0 Å². The van der Waals surface area contributed by atoms with Crippen LogP contribution in [-0.4, -0.2) is 9.36 Å². The number of aromatic nitrogens is 4. The molecule has 50 heavy (non-hydrogen) atoms. The zero-order valence-electron chi connectivity index (χ0n) is 27.7. The van der Waals surface area contributed by atoms with Crippen molar-refractivity contribution in [1.29, 1.82) is 0 Å². The third-order valence-corrected chi connectivity index (χ3v) is 8.77. The maximum atomic E-state index is 6.18. The lowest BCUT2D eigenvalue weighted by Crippen LogP contribution is -2.34. The van der Waals surface area contributed by atoms with Crippen molar-refractivity contribution in [3.05, 3.63) is 122 Å². The second kappa shape index (κ2) is 14.3. The van der Waals surface area contributed by atoms with Gasteiger partial charge in [0.05, 0.1) is 34.1 Å². The molecule has 3 aromatic heterocycles. The zero-order valence-corrected chi connectivity index (χ0v) is 27.7. The molecule has 0 unspecified atom stereocenters. The second-order valence-corrected chi connectivity index (χ2v) is 12.2. The third-order valence-electron chi connectivity index (χ3n) is 8.77. The summed E-state index contributed by atoms with van der Waals surface area (Å²) < 4.78 is 8.81. The van der Waals surface area contributed by atoms with Crippen LogP contribution in [0.25, 0.3) is 21.5 Å². The summed E-state index contributed by atoms with van der Waals surface area (Å²) in [6.45, 7) is 3.54. The van der Waals surface area contributed by atoms with E-state index in [1.54, 1.807) is 12.1 Å². The molecule has 7 rings (SSSR count). The summed E-state index contributed by atoms with van der Waals surface area (Å²) in [6.07, 6.45) is 14.3. The number of aryl methyl sites for hydroxylation is 4. The number of pyridine rings is 2. The molecular formula is C38H40N12+2. The smallest absolute Gasteiger partial charge is 0.196 e. The molecule has 0 radical (unpaired) electrons. The molecule has 0 fully saturated rings. The minimum atomic E-state index is 0.497. The molecular weight excluding hydrogens is 625 g/mol. The number of rotatable bonds is 12. The van der Waals surface area contributed by atoms with Crippen molar-refractivity contribution < 1.29 is 9.13 Å². The van der Waals surface area contributed by atoms with E-state index in [4.69, 9.17) is 22.9 Å². The normalized spacial score (nSPS) is 11.8. The monoisotopic (exact) mass is 664 g/mol. The van der Waals surface area contributed by atoms with Crippen molar-refractivity contribution in [2.45, 2.75) is 39.0 Å². The lowest BCUT2D eigenvalue weighted by Gasteiger charge is -2.20. The predicted molar refractivity (Wildman–Crippen MR) is 199 cm³/mol. The highest BCUT2D eigenvalue weighted by Gasteiger charge is 2.11. The van der Waals surface area contributed by atoms with E-state index in [1.807, 2.05) is 85.2 Å². The van der Waals surface area contributed by atoms with Crippen LogP contribution in [0.4, 0.5) is 45.5 Å². The largest absolute Gasteiger partial charge is 0.397 e. The standard InChI is InChI=1S/C38H40N12/c39-33-23-35(29-11-1-3-13-31(29)37(33)41)45-43-27-9-5-15-47(25-27)17-7-19-49-21-22-50(49)20-8-18-48-16-6-10-28(26-48)44-46-36-24-34(40)38(42)32-14-4-2-12-30(32)36/h1-6,9-16,21-26H,7-8,17-20,39-42H2/q+2. The van der Waals surface area contributed by atoms with Crippen molar-refractivity contribution in [3.63, 3.8) is 0 Å². The highest BCUT2D eigenvalue weighted by Crippen LogP contribution is 2.37. The molecule has 3 heterocycles. The summed E-state index contributed by atoms with van der Waals surface area (Å²) >= 11 is 0. The molecule has 12 heteroatoms. The number of nitrogen functional groups attached to an aromatic ring is 4.